The van der Waals surface area contributed by atoms with Gasteiger partial charge in [0.15, 0.2) is 17.1 Å². The highest BCUT2D eigenvalue weighted by atomic mass is 32.2. The number of rotatable bonds is 9. The molecule has 0 aliphatic heterocycles. The van der Waals surface area contributed by atoms with E-state index in [1.807, 2.05) is 60.3 Å². The zero-order chi connectivity index (χ0) is 26.9. The number of hydrogen-bond donors (Lipinski definition) is 0. The molecule has 2 aromatic carbocycles. The molecule has 0 saturated heterocycles. The molecule has 5 aromatic rings. The third kappa shape index (κ3) is 4.82. The summed E-state index contributed by atoms with van der Waals surface area (Å²) in [6.45, 7) is 1.62. The van der Waals surface area contributed by atoms with Gasteiger partial charge in [-0.2, -0.15) is 0 Å². The molecule has 3 heterocycles. The molecular formula is C28H27N3O6S. The topological polar surface area (TPSA) is 102 Å². The Labute approximate surface area is 220 Å². The average Bonchev–Trinajstić information content (AvgIpc) is 3.44. The first-order valence-electron chi connectivity index (χ1n) is 12.0. The van der Waals surface area contributed by atoms with Crippen LogP contribution in [0.3, 0.4) is 0 Å². The van der Waals surface area contributed by atoms with Crippen LogP contribution in [0.5, 0.6) is 11.5 Å². The number of carbonyl (C=O) groups is 1. The van der Waals surface area contributed by atoms with Crippen LogP contribution in [-0.2, 0) is 32.4 Å². The number of pyridine rings is 1. The molecule has 0 aliphatic carbocycles. The maximum absolute atomic E-state index is 13.8. The third-order valence-corrected chi connectivity index (χ3v) is 7.81. The molecule has 38 heavy (non-hydrogen) atoms. The number of methoxy groups -OCH3 is 1. The number of benzene rings is 2. The number of aryl methyl sites for hydroxylation is 1. The number of esters is 1. The van der Waals surface area contributed by atoms with Crippen LogP contribution in [0, 0.1) is 0 Å². The summed E-state index contributed by atoms with van der Waals surface area (Å²) in [5.74, 6) is 0.407. The summed E-state index contributed by atoms with van der Waals surface area (Å²) >= 11 is 0. The maximum atomic E-state index is 13.8. The lowest BCUT2D eigenvalue weighted by Gasteiger charge is -2.13. The fourth-order valence-corrected chi connectivity index (χ4v) is 6.14. The molecule has 0 N–H and O–H groups in total. The van der Waals surface area contributed by atoms with E-state index in [0.717, 1.165) is 10.9 Å². The second-order valence-corrected chi connectivity index (χ2v) is 10.6. The van der Waals surface area contributed by atoms with Gasteiger partial charge in [-0.05, 0) is 29.8 Å². The van der Waals surface area contributed by atoms with Crippen LogP contribution in [0.2, 0.25) is 0 Å². The number of ether oxygens (including phenoxy) is 3. The minimum atomic E-state index is -3.83. The van der Waals surface area contributed by atoms with Crippen molar-refractivity contribution in [2.75, 3.05) is 20.3 Å². The first-order chi connectivity index (χ1) is 18.3. The van der Waals surface area contributed by atoms with Gasteiger partial charge in [-0.3, -0.25) is 4.79 Å². The molecule has 196 valence electrons. The predicted molar refractivity (Wildman–Crippen MR) is 145 cm³/mol. The molecule has 0 aliphatic rings. The van der Waals surface area contributed by atoms with Crippen LogP contribution in [-0.4, -0.2) is 48.2 Å². The number of fused-ring (bicyclic) bond motifs is 2. The molecule has 0 unspecified atom stereocenters. The van der Waals surface area contributed by atoms with E-state index in [-0.39, 0.29) is 24.9 Å². The zero-order valence-electron chi connectivity index (χ0n) is 21.2. The van der Waals surface area contributed by atoms with Crippen molar-refractivity contribution in [3.63, 3.8) is 0 Å². The molecule has 0 atom stereocenters. The van der Waals surface area contributed by atoms with E-state index in [1.54, 1.807) is 24.4 Å². The van der Waals surface area contributed by atoms with Crippen molar-refractivity contribution in [2.45, 2.75) is 12.7 Å². The summed E-state index contributed by atoms with van der Waals surface area (Å²) in [6, 6.07) is 18.2. The van der Waals surface area contributed by atoms with E-state index >= 15 is 0 Å². The van der Waals surface area contributed by atoms with Crippen molar-refractivity contribution in [1.29, 1.82) is 0 Å². The van der Waals surface area contributed by atoms with Gasteiger partial charge in [0, 0.05) is 48.8 Å². The maximum Gasteiger partial charge on any atom is 0.302 e. The van der Waals surface area contributed by atoms with Crippen LogP contribution in [0.1, 0.15) is 12.5 Å². The predicted octanol–water partition coefficient (Wildman–Crippen LogP) is 4.52. The van der Waals surface area contributed by atoms with Crippen molar-refractivity contribution >= 4 is 37.9 Å². The summed E-state index contributed by atoms with van der Waals surface area (Å²) in [5, 5.41) is 1.50. The number of aromatic nitrogens is 3. The molecular weight excluding hydrogens is 506 g/mol. The number of nitrogens with zero attached hydrogens (tertiary/aromatic N) is 3. The monoisotopic (exact) mass is 533 g/mol. The molecule has 0 spiro atoms. The molecule has 0 amide bonds. The Bertz CT molecular complexity index is 1740. The van der Waals surface area contributed by atoms with Crippen LogP contribution in [0.25, 0.3) is 33.2 Å². The first kappa shape index (κ1) is 25.3. The van der Waals surface area contributed by atoms with Crippen LogP contribution >= 0.6 is 0 Å². The summed E-state index contributed by atoms with van der Waals surface area (Å²) in [5.41, 5.74) is 3.08. The van der Waals surface area contributed by atoms with E-state index in [1.165, 1.54) is 18.0 Å². The second kappa shape index (κ2) is 10.2. The summed E-state index contributed by atoms with van der Waals surface area (Å²) in [7, 11) is -0.418. The molecule has 0 fully saturated rings. The highest BCUT2D eigenvalue weighted by Gasteiger charge is 2.25. The van der Waals surface area contributed by atoms with Crippen molar-refractivity contribution in [3.05, 3.63) is 78.6 Å². The Morgan fingerprint density at radius 1 is 1.00 bits per heavy atom. The normalized spacial score (nSPS) is 11.7. The summed E-state index contributed by atoms with van der Waals surface area (Å²) in [6.07, 6.45) is 3.47. The highest BCUT2D eigenvalue weighted by Crippen LogP contribution is 2.40. The minimum Gasteiger partial charge on any atom is -0.493 e. The van der Waals surface area contributed by atoms with Gasteiger partial charge in [0.25, 0.3) is 0 Å². The molecule has 9 nitrogen and oxygen atoms in total. The Balaban J connectivity index is 1.64. The van der Waals surface area contributed by atoms with Crippen molar-refractivity contribution in [3.8, 4) is 22.8 Å². The number of carbonyl (C=O) groups excluding carboxylic acids is 1. The molecule has 10 heteroatoms. The van der Waals surface area contributed by atoms with Gasteiger partial charge in [-0.25, -0.2) is 17.4 Å². The quantitative estimate of drug-likeness (QED) is 0.203. The standard InChI is InChI=1S/C28H27N3O6S/c1-19(32)36-12-13-37-27-16-24-22(15-26(27)35-3)23(17-30(24)2)25-14-21-10-7-11-29-28(21)31(25)38(33,34)18-20-8-5-4-6-9-20/h4-11,14-17H,12-13,18H2,1-3H3. The fourth-order valence-electron chi connectivity index (χ4n) is 4.53. The van der Waals surface area contributed by atoms with Crippen LogP contribution < -0.4 is 9.47 Å². The SMILES string of the molecule is COc1cc2c(-c3cc4cccnc4n3S(=O)(=O)Cc3ccccc3)cn(C)c2cc1OCCOC(C)=O. The molecule has 0 saturated carbocycles. The fraction of sp³-hybridized carbons (Fsp3) is 0.214. The smallest absolute Gasteiger partial charge is 0.302 e. The largest absolute Gasteiger partial charge is 0.493 e. The summed E-state index contributed by atoms with van der Waals surface area (Å²) in [4.78, 5) is 15.5. The Hall–Kier alpha value is -4.31. The molecule has 0 bridgehead atoms. The summed E-state index contributed by atoms with van der Waals surface area (Å²) < 4.78 is 47.2. The van der Waals surface area contributed by atoms with Crippen molar-refractivity contribution in [2.24, 2.45) is 7.05 Å². The number of hydrogen-bond acceptors (Lipinski definition) is 7. The van der Waals surface area contributed by atoms with Gasteiger partial charge in [0.1, 0.15) is 13.2 Å². The van der Waals surface area contributed by atoms with E-state index in [2.05, 4.69) is 4.98 Å². The molecule has 0 radical (unpaired) electrons. The van der Waals surface area contributed by atoms with Gasteiger partial charge >= 0.3 is 5.97 Å². The van der Waals surface area contributed by atoms with E-state index in [9.17, 15) is 13.2 Å². The lowest BCUT2D eigenvalue weighted by molar-refractivity contribution is -0.141. The Morgan fingerprint density at radius 2 is 1.79 bits per heavy atom. The zero-order valence-corrected chi connectivity index (χ0v) is 22.1. The lowest BCUT2D eigenvalue weighted by Crippen LogP contribution is -2.16. The molecule has 3 aromatic heterocycles. The van der Waals surface area contributed by atoms with Gasteiger partial charge in [-0.1, -0.05) is 30.3 Å². The van der Waals surface area contributed by atoms with Gasteiger partial charge in [-0.15, -0.1) is 0 Å². The lowest BCUT2D eigenvalue weighted by atomic mass is 10.1. The van der Waals surface area contributed by atoms with Gasteiger partial charge in [0.05, 0.1) is 24.1 Å². The van der Waals surface area contributed by atoms with E-state index in [4.69, 9.17) is 14.2 Å². The Kier molecular flexibility index (Phi) is 6.81. The van der Waals surface area contributed by atoms with E-state index in [0.29, 0.717) is 39.4 Å². The van der Waals surface area contributed by atoms with Gasteiger partial charge in [0.2, 0.25) is 10.0 Å². The van der Waals surface area contributed by atoms with Crippen molar-refractivity contribution < 1.29 is 27.4 Å². The Morgan fingerprint density at radius 3 is 2.53 bits per heavy atom. The van der Waals surface area contributed by atoms with Crippen molar-refractivity contribution in [1.82, 2.24) is 13.5 Å². The third-order valence-electron chi connectivity index (χ3n) is 6.19. The minimum absolute atomic E-state index is 0.112. The average molecular weight is 534 g/mol. The molecule has 5 rings (SSSR count). The van der Waals surface area contributed by atoms with Crippen LogP contribution in [0.15, 0.2) is 73.1 Å². The van der Waals surface area contributed by atoms with E-state index < -0.39 is 10.0 Å². The first-order valence-corrected chi connectivity index (χ1v) is 13.6. The highest BCUT2D eigenvalue weighted by molar-refractivity contribution is 7.89. The second-order valence-electron chi connectivity index (χ2n) is 8.81. The van der Waals surface area contributed by atoms with Gasteiger partial charge < -0.3 is 18.8 Å². The van der Waals surface area contributed by atoms with Crippen LogP contribution in [0.4, 0.5) is 0 Å².